The van der Waals surface area contributed by atoms with E-state index in [1.807, 2.05) is 52.0 Å². The van der Waals surface area contributed by atoms with Gasteiger partial charge in [0.2, 0.25) is 0 Å². The molecule has 1 amide bonds. The number of nitrogens with one attached hydrogen (secondary N) is 1. The first-order chi connectivity index (χ1) is 12.2. The third-order valence-corrected chi connectivity index (χ3v) is 4.47. The zero-order chi connectivity index (χ0) is 19.4. The van der Waals surface area contributed by atoms with E-state index in [1.165, 1.54) is 0 Å². The Bertz CT molecular complexity index is 761. The van der Waals surface area contributed by atoms with Crippen LogP contribution in [0.1, 0.15) is 45.1 Å². The molecule has 7 heteroatoms. The van der Waals surface area contributed by atoms with Gasteiger partial charge in [0.05, 0.1) is 5.69 Å². The van der Waals surface area contributed by atoms with E-state index < -0.39 is 12.1 Å². The summed E-state index contributed by atoms with van der Waals surface area (Å²) in [5.41, 5.74) is 1.72. The second-order valence-corrected chi connectivity index (χ2v) is 7.57. The summed E-state index contributed by atoms with van der Waals surface area (Å²) in [5, 5.41) is 6.82. The minimum atomic E-state index is -0.869. The second-order valence-electron chi connectivity index (χ2n) is 6.65. The quantitative estimate of drug-likeness (QED) is 0.714. The van der Waals surface area contributed by atoms with Crippen molar-refractivity contribution in [3.63, 3.8) is 0 Å². The molecule has 0 aliphatic heterocycles. The molecular formula is C19H24BrN3O3. The number of esters is 1. The molecule has 0 aliphatic rings. The molecule has 1 aromatic carbocycles. The molecule has 6 nitrogen and oxygen atoms in total. The normalized spacial score (nSPS) is 12.3. The van der Waals surface area contributed by atoms with Crippen LogP contribution < -0.4 is 0 Å². The zero-order valence-electron chi connectivity index (χ0n) is 15.6. The van der Waals surface area contributed by atoms with Gasteiger partial charge >= 0.3 is 5.97 Å². The van der Waals surface area contributed by atoms with Crippen LogP contribution in [-0.4, -0.2) is 45.2 Å². The Morgan fingerprint density at radius 3 is 2.19 bits per heavy atom. The van der Waals surface area contributed by atoms with Crippen molar-refractivity contribution >= 4 is 27.8 Å². The van der Waals surface area contributed by atoms with Crippen molar-refractivity contribution in [1.82, 2.24) is 15.1 Å². The highest BCUT2D eigenvalue weighted by molar-refractivity contribution is 9.10. The standard InChI is InChI=1S/C19H24BrN3O3/c1-11(2)23(12(3)4)18(24)13(5)26-19(25)17-10-16(21-22-17)14-6-8-15(20)9-7-14/h6-13H,1-5H3,(H,21,22). The largest absolute Gasteiger partial charge is 0.448 e. The molecule has 1 atom stereocenters. The fourth-order valence-electron chi connectivity index (χ4n) is 2.78. The van der Waals surface area contributed by atoms with E-state index in [2.05, 4.69) is 26.1 Å². The lowest BCUT2D eigenvalue weighted by Crippen LogP contribution is -2.47. The van der Waals surface area contributed by atoms with E-state index in [0.717, 1.165) is 10.0 Å². The first kappa shape index (κ1) is 20.2. The number of aromatic amines is 1. The molecule has 0 aliphatic carbocycles. The van der Waals surface area contributed by atoms with E-state index in [0.29, 0.717) is 5.69 Å². The summed E-state index contributed by atoms with van der Waals surface area (Å²) in [6, 6.07) is 9.25. The average molecular weight is 422 g/mol. The molecule has 140 valence electrons. The predicted octanol–water partition coefficient (Wildman–Crippen LogP) is 4.03. The number of hydrogen-bond donors (Lipinski definition) is 1. The lowest BCUT2D eigenvalue weighted by atomic mass is 10.1. The van der Waals surface area contributed by atoms with Crippen LogP contribution in [0.5, 0.6) is 0 Å². The van der Waals surface area contributed by atoms with Crippen molar-refractivity contribution in [3.05, 3.63) is 40.5 Å². The van der Waals surface area contributed by atoms with Crippen molar-refractivity contribution in [3.8, 4) is 11.3 Å². The Kier molecular flexibility index (Phi) is 6.58. The van der Waals surface area contributed by atoms with Crippen LogP contribution in [0.25, 0.3) is 11.3 Å². The van der Waals surface area contributed by atoms with E-state index in [9.17, 15) is 9.59 Å². The summed E-state index contributed by atoms with van der Waals surface area (Å²) in [5.74, 6) is -0.815. The minimum absolute atomic E-state index is 0.0276. The van der Waals surface area contributed by atoms with Crippen LogP contribution in [0.15, 0.2) is 34.8 Å². The van der Waals surface area contributed by atoms with Crippen molar-refractivity contribution in [1.29, 1.82) is 0 Å². The number of rotatable bonds is 6. The summed E-state index contributed by atoms with van der Waals surface area (Å²) in [6.07, 6.45) is -0.869. The number of aromatic nitrogens is 2. The topological polar surface area (TPSA) is 75.3 Å². The van der Waals surface area contributed by atoms with Gasteiger partial charge in [-0.15, -0.1) is 0 Å². The molecule has 0 saturated carbocycles. The van der Waals surface area contributed by atoms with Gasteiger partial charge in [0.15, 0.2) is 6.10 Å². The highest BCUT2D eigenvalue weighted by Crippen LogP contribution is 2.21. The Morgan fingerprint density at radius 1 is 1.08 bits per heavy atom. The lowest BCUT2D eigenvalue weighted by molar-refractivity contribution is -0.143. The van der Waals surface area contributed by atoms with E-state index in [4.69, 9.17) is 4.74 Å². The molecule has 1 heterocycles. The first-order valence-electron chi connectivity index (χ1n) is 8.55. The van der Waals surface area contributed by atoms with Gasteiger partial charge in [-0.3, -0.25) is 9.89 Å². The van der Waals surface area contributed by atoms with Gasteiger partial charge in [-0.25, -0.2) is 4.79 Å². The summed E-state index contributed by atoms with van der Waals surface area (Å²) in [4.78, 5) is 26.6. The number of ether oxygens (including phenoxy) is 1. The minimum Gasteiger partial charge on any atom is -0.448 e. The first-order valence-corrected chi connectivity index (χ1v) is 9.34. The number of hydrogen-bond acceptors (Lipinski definition) is 4. The van der Waals surface area contributed by atoms with Gasteiger partial charge in [-0.1, -0.05) is 28.1 Å². The molecule has 1 aromatic heterocycles. The average Bonchev–Trinajstić information content (AvgIpc) is 3.04. The molecule has 2 rings (SSSR count). The van der Waals surface area contributed by atoms with Gasteiger partial charge in [-0.2, -0.15) is 5.10 Å². The van der Waals surface area contributed by atoms with E-state index in [1.54, 1.807) is 17.9 Å². The summed E-state index contributed by atoms with van der Waals surface area (Å²) >= 11 is 3.38. The molecule has 0 radical (unpaired) electrons. The monoisotopic (exact) mass is 421 g/mol. The molecule has 0 fully saturated rings. The second kappa shape index (κ2) is 8.49. The molecule has 0 bridgehead atoms. The number of nitrogens with zero attached hydrogens (tertiary/aromatic N) is 2. The molecule has 1 unspecified atom stereocenters. The maximum atomic E-state index is 12.6. The molecular weight excluding hydrogens is 398 g/mol. The molecule has 1 N–H and O–H groups in total. The number of carbonyl (C=O) groups excluding carboxylic acids is 2. The van der Waals surface area contributed by atoms with E-state index in [-0.39, 0.29) is 23.7 Å². The van der Waals surface area contributed by atoms with Crippen LogP contribution >= 0.6 is 15.9 Å². The Morgan fingerprint density at radius 2 is 1.65 bits per heavy atom. The number of benzene rings is 1. The van der Waals surface area contributed by atoms with Crippen molar-refractivity contribution in [2.75, 3.05) is 0 Å². The number of carbonyl (C=O) groups is 2. The third kappa shape index (κ3) is 4.72. The van der Waals surface area contributed by atoms with Gasteiger partial charge < -0.3 is 9.64 Å². The predicted molar refractivity (Wildman–Crippen MR) is 104 cm³/mol. The van der Waals surface area contributed by atoms with Crippen LogP contribution in [0.2, 0.25) is 0 Å². The lowest BCUT2D eigenvalue weighted by Gasteiger charge is -2.32. The summed E-state index contributed by atoms with van der Waals surface area (Å²) in [6.45, 7) is 9.33. The van der Waals surface area contributed by atoms with Crippen LogP contribution in [0, 0.1) is 0 Å². The molecule has 0 spiro atoms. The smallest absolute Gasteiger partial charge is 0.357 e. The molecule has 2 aromatic rings. The number of amides is 1. The number of halogens is 1. The highest BCUT2D eigenvalue weighted by Gasteiger charge is 2.28. The maximum absolute atomic E-state index is 12.6. The summed E-state index contributed by atoms with van der Waals surface area (Å²) in [7, 11) is 0. The van der Waals surface area contributed by atoms with Gasteiger partial charge in [0.25, 0.3) is 5.91 Å². The van der Waals surface area contributed by atoms with Crippen molar-refractivity contribution in [2.24, 2.45) is 0 Å². The van der Waals surface area contributed by atoms with Crippen LogP contribution in [0.3, 0.4) is 0 Å². The van der Waals surface area contributed by atoms with Gasteiger partial charge in [0.1, 0.15) is 5.69 Å². The number of H-pyrrole nitrogens is 1. The van der Waals surface area contributed by atoms with Gasteiger partial charge in [-0.05, 0) is 52.8 Å². The summed E-state index contributed by atoms with van der Waals surface area (Å²) < 4.78 is 6.30. The molecule has 0 saturated heterocycles. The van der Waals surface area contributed by atoms with Crippen molar-refractivity contribution in [2.45, 2.75) is 52.8 Å². The highest BCUT2D eigenvalue weighted by atomic mass is 79.9. The van der Waals surface area contributed by atoms with Gasteiger partial charge in [0, 0.05) is 22.1 Å². The fraction of sp³-hybridized carbons (Fsp3) is 0.421. The Balaban J connectivity index is 2.08. The Labute approximate surface area is 162 Å². The van der Waals surface area contributed by atoms with Crippen molar-refractivity contribution < 1.29 is 14.3 Å². The maximum Gasteiger partial charge on any atom is 0.357 e. The SMILES string of the molecule is CC(OC(=O)c1cc(-c2ccc(Br)cc2)n[nH]1)C(=O)N(C(C)C)C(C)C. The van der Waals surface area contributed by atoms with Crippen LogP contribution in [-0.2, 0) is 9.53 Å². The third-order valence-electron chi connectivity index (χ3n) is 3.94. The Hall–Kier alpha value is -2.15. The van der Waals surface area contributed by atoms with Crippen LogP contribution in [0.4, 0.5) is 0 Å². The zero-order valence-corrected chi connectivity index (χ0v) is 17.2. The fourth-order valence-corrected chi connectivity index (χ4v) is 3.05. The molecule has 26 heavy (non-hydrogen) atoms. The van der Waals surface area contributed by atoms with E-state index >= 15 is 0 Å².